The number of likely N-dealkylation sites (tertiary alicyclic amines) is 1. The molecule has 4 nitrogen and oxygen atoms in total. The first kappa shape index (κ1) is 14.3. The fourth-order valence-electron chi connectivity index (χ4n) is 3.01. The number of rotatable bonds is 3. The molecule has 1 atom stereocenters. The molecule has 1 aromatic carbocycles. The van der Waals surface area contributed by atoms with Crippen molar-refractivity contribution >= 4 is 0 Å². The second kappa shape index (κ2) is 5.98. The minimum atomic E-state index is 0.498. The quantitative estimate of drug-likeness (QED) is 0.867. The van der Waals surface area contributed by atoms with Gasteiger partial charge in [-0.1, -0.05) is 30.7 Å². The maximum atomic E-state index is 4.49. The molecule has 0 bridgehead atoms. The monoisotopic (exact) mass is 284 g/mol. The molecule has 0 unspecified atom stereocenters. The summed E-state index contributed by atoms with van der Waals surface area (Å²) in [5.74, 6) is 1.75. The van der Waals surface area contributed by atoms with Crippen molar-refractivity contribution in [3.63, 3.8) is 0 Å². The Morgan fingerprint density at radius 3 is 2.29 bits per heavy atom. The van der Waals surface area contributed by atoms with Crippen LogP contribution in [0, 0.1) is 6.92 Å². The van der Waals surface area contributed by atoms with Crippen molar-refractivity contribution in [1.82, 2.24) is 19.7 Å². The van der Waals surface area contributed by atoms with E-state index in [1.807, 2.05) is 18.7 Å². The summed E-state index contributed by atoms with van der Waals surface area (Å²) in [5.41, 5.74) is 2.47. The molecule has 4 heteroatoms. The van der Waals surface area contributed by atoms with E-state index < -0.39 is 0 Å². The van der Waals surface area contributed by atoms with Crippen LogP contribution in [0.5, 0.6) is 0 Å². The van der Waals surface area contributed by atoms with Crippen molar-refractivity contribution in [2.75, 3.05) is 13.1 Å². The number of hydrogen-bond acceptors (Lipinski definition) is 3. The number of benzene rings is 1. The van der Waals surface area contributed by atoms with Gasteiger partial charge in [-0.05, 0) is 45.3 Å². The Labute approximate surface area is 126 Å². The summed E-state index contributed by atoms with van der Waals surface area (Å²) in [6.45, 7) is 6.74. The van der Waals surface area contributed by atoms with E-state index in [1.165, 1.54) is 37.9 Å². The van der Waals surface area contributed by atoms with Crippen molar-refractivity contribution in [1.29, 1.82) is 0 Å². The SMILES string of the molecule is Cc1nc(-c2ccc([C@@H](C)N3CCCCC3)cc2)nn1C. The van der Waals surface area contributed by atoms with Gasteiger partial charge in [0.15, 0.2) is 5.82 Å². The topological polar surface area (TPSA) is 34.0 Å². The van der Waals surface area contributed by atoms with Crippen LogP contribution in [0.3, 0.4) is 0 Å². The van der Waals surface area contributed by atoms with Crippen LogP contribution < -0.4 is 0 Å². The highest BCUT2D eigenvalue weighted by atomic mass is 15.3. The molecule has 2 aromatic rings. The van der Waals surface area contributed by atoms with Crippen LogP contribution in [0.4, 0.5) is 0 Å². The van der Waals surface area contributed by atoms with Gasteiger partial charge in [-0.3, -0.25) is 9.58 Å². The predicted molar refractivity (Wildman–Crippen MR) is 85.0 cm³/mol. The van der Waals surface area contributed by atoms with E-state index in [0.29, 0.717) is 6.04 Å². The summed E-state index contributed by atoms with van der Waals surface area (Å²) in [6, 6.07) is 9.23. The molecule has 2 heterocycles. The standard InChI is InChI=1S/C17H24N4/c1-13(21-11-5-4-6-12-21)15-7-9-16(10-8-15)17-18-14(2)20(3)19-17/h7-10,13H,4-6,11-12H2,1-3H3/t13-/m1/s1. The second-order valence-electron chi connectivity index (χ2n) is 6.00. The molecule has 0 aliphatic carbocycles. The van der Waals surface area contributed by atoms with Crippen molar-refractivity contribution in [3.05, 3.63) is 35.7 Å². The number of aromatic nitrogens is 3. The summed E-state index contributed by atoms with van der Waals surface area (Å²) in [6.07, 6.45) is 4.05. The molecule has 112 valence electrons. The Bertz CT molecular complexity index is 574. The molecular formula is C17H24N4. The van der Waals surface area contributed by atoms with Crippen molar-refractivity contribution < 1.29 is 0 Å². The maximum absolute atomic E-state index is 4.49. The molecule has 0 radical (unpaired) electrons. The number of hydrogen-bond donors (Lipinski definition) is 0. The van der Waals surface area contributed by atoms with Crippen LogP contribution in [-0.4, -0.2) is 32.8 Å². The third-order valence-electron chi connectivity index (χ3n) is 4.57. The van der Waals surface area contributed by atoms with Gasteiger partial charge in [0.2, 0.25) is 0 Å². The zero-order chi connectivity index (χ0) is 14.8. The molecule has 0 N–H and O–H groups in total. The predicted octanol–water partition coefficient (Wildman–Crippen LogP) is 3.34. The summed E-state index contributed by atoms with van der Waals surface area (Å²) in [7, 11) is 1.93. The molecule has 0 spiro atoms. The van der Waals surface area contributed by atoms with Gasteiger partial charge in [0.1, 0.15) is 5.82 Å². The Kier molecular flexibility index (Phi) is 4.06. The smallest absolute Gasteiger partial charge is 0.181 e. The minimum absolute atomic E-state index is 0.498. The molecule has 3 rings (SSSR count). The van der Waals surface area contributed by atoms with Crippen LogP contribution in [-0.2, 0) is 7.05 Å². The Hall–Kier alpha value is -1.68. The first-order chi connectivity index (χ1) is 10.1. The molecule has 1 saturated heterocycles. The van der Waals surface area contributed by atoms with Gasteiger partial charge in [0.05, 0.1) is 0 Å². The van der Waals surface area contributed by atoms with Crippen molar-refractivity contribution in [2.45, 2.75) is 39.2 Å². The van der Waals surface area contributed by atoms with Gasteiger partial charge >= 0.3 is 0 Å². The zero-order valence-corrected chi connectivity index (χ0v) is 13.2. The van der Waals surface area contributed by atoms with Crippen molar-refractivity contribution in [3.8, 4) is 11.4 Å². The van der Waals surface area contributed by atoms with E-state index in [9.17, 15) is 0 Å². The first-order valence-electron chi connectivity index (χ1n) is 7.87. The van der Waals surface area contributed by atoms with E-state index in [0.717, 1.165) is 17.2 Å². The summed E-state index contributed by atoms with van der Waals surface area (Å²) >= 11 is 0. The zero-order valence-electron chi connectivity index (χ0n) is 13.2. The van der Waals surface area contributed by atoms with Gasteiger partial charge in [-0.2, -0.15) is 5.10 Å². The van der Waals surface area contributed by atoms with Crippen LogP contribution in [0.25, 0.3) is 11.4 Å². The Balaban J connectivity index is 1.77. The third-order valence-corrected chi connectivity index (χ3v) is 4.57. The van der Waals surface area contributed by atoms with E-state index in [4.69, 9.17) is 0 Å². The van der Waals surface area contributed by atoms with E-state index in [1.54, 1.807) is 0 Å². The van der Waals surface area contributed by atoms with Gasteiger partial charge in [0, 0.05) is 18.7 Å². The van der Waals surface area contributed by atoms with Gasteiger partial charge in [-0.25, -0.2) is 4.98 Å². The van der Waals surface area contributed by atoms with E-state index >= 15 is 0 Å². The Morgan fingerprint density at radius 1 is 1.05 bits per heavy atom. The normalized spacial score (nSPS) is 17.9. The molecule has 0 amide bonds. The van der Waals surface area contributed by atoms with Crippen LogP contribution in [0.2, 0.25) is 0 Å². The first-order valence-corrected chi connectivity index (χ1v) is 7.87. The molecule has 21 heavy (non-hydrogen) atoms. The maximum Gasteiger partial charge on any atom is 0.181 e. The molecule has 0 saturated carbocycles. The third kappa shape index (κ3) is 3.00. The van der Waals surface area contributed by atoms with E-state index in [-0.39, 0.29) is 0 Å². The van der Waals surface area contributed by atoms with Gasteiger partial charge in [0.25, 0.3) is 0 Å². The fraction of sp³-hybridized carbons (Fsp3) is 0.529. The molecule has 1 aliphatic heterocycles. The summed E-state index contributed by atoms with van der Waals surface area (Å²) in [5, 5.41) is 4.44. The number of aryl methyl sites for hydroxylation is 2. The molecule has 1 aliphatic rings. The highest BCUT2D eigenvalue weighted by Gasteiger charge is 2.18. The lowest BCUT2D eigenvalue weighted by Crippen LogP contribution is -2.32. The van der Waals surface area contributed by atoms with Crippen LogP contribution in [0.1, 0.15) is 43.6 Å². The number of nitrogens with zero attached hydrogens (tertiary/aromatic N) is 4. The lowest BCUT2D eigenvalue weighted by atomic mass is 10.0. The molecular weight excluding hydrogens is 260 g/mol. The highest BCUT2D eigenvalue weighted by molar-refractivity contribution is 5.55. The summed E-state index contributed by atoms with van der Waals surface area (Å²) in [4.78, 5) is 7.07. The highest BCUT2D eigenvalue weighted by Crippen LogP contribution is 2.26. The largest absolute Gasteiger partial charge is 0.297 e. The summed E-state index contributed by atoms with van der Waals surface area (Å²) < 4.78 is 1.82. The van der Waals surface area contributed by atoms with Gasteiger partial charge in [-0.15, -0.1) is 0 Å². The average molecular weight is 284 g/mol. The van der Waals surface area contributed by atoms with Crippen molar-refractivity contribution in [2.24, 2.45) is 7.05 Å². The average Bonchev–Trinajstić information content (AvgIpc) is 2.87. The fourth-order valence-corrected chi connectivity index (χ4v) is 3.01. The van der Waals surface area contributed by atoms with Gasteiger partial charge < -0.3 is 0 Å². The van der Waals surface area contributed by atoms with E-state index in [2.05, 4.69) is 46.2 Å². The molecule has 1 fully saturated rings. The van der Waals surface area contributed by atoms with Crippen LogP contribution >= 0.6 is 0 Å². The minimum Gasteiger partial charge on any atom is -0.297 e. The Morgan fingerprint density at radius 2 is 1.71 bits per heavy atom. The lowest BCUT2D eigenvalue weighted by Gasteiger charge is -2.32. The lowest BCUT2D eigenvalue weighted by molar-refractivity contribution is 0.175. The molecule has 1 aromatic heterocycles. The second-order valence-corrected chi connectivity index (χ2v) is 6.00. The number of piperidine rings is 1. The van der Waals surface area contributed by atoms with Crippen LogP contribution in [0.15, 0.2) is 24.3 Å².